The van der Waals surface area contributed by atoms with Crippen molar-refractivity contribution in [1.82, 2.24) is 10.3 Å². The summed E-state index contributed by atoms with van der Waals surface area (Å²) < 4.78 is 10.7. The van der Waals surface area contributed by atoms with Gasteiger partial charge in [0.2, 0.25) is 5.88 Å². The Labute approximate surface area is 126 Å². The lowest BCUT2D eigenvalue weighted by atomic mass is 10.2. The van der Waals surface area contributed by atoms with Crippen LogP contribution in [0, 0.1) is 6.92 Å². The van der Waals surface area contributed by atoms with E-state index >= 15 is 0 Å². The van der Waals surface area contributed by atoms with Crippen LogP contribution in [0.2, 0.25) is 0 Å². The molecule has 0 aromatic carbocycles. The molecular formula is C15H15N3O4. The van der Waals surface area contributed by atoms with Crippen molar-refractivity contribution >= 4 is 17.5 Å². The number of aromatic nitrogens is 1. The van der Waals surface area contributed by atoms with Crippen molar-refractivity contribution in [2.75, 3.05) is 5.32 Å². The molecule has 2 aromatic rings. The van der Waals surface area contributed by atoms with Crippen LogP contribution >= 0.6 is 0 Å². The van der Waals surface area contributed by atoms with Crippen LogP contribution < -0.4 is 15.4 Å². The summed E-state index contributed by atoms with van der Waals surface area (Å²) in [4.78, 5) is 27.7. The van der Waals surface area contributed by atoms with E-state index < -0.39 is 6.10 Å². The van der Waals surface area contributed by atoms with E-state index in [2.05, 4.69) is 15.6 Å². The minimum atomic E-state index is -0.595. The molecule has 2 aromatic heterocycles. The Morgan fingerprint density at radius 1 is 1.45 bits per heavy atom. The second-order valence-corrected chi connectivity index (χ2v) is 5.02. The number of hydrogen-bond acceptors (Lipinski definition) is 5. The third-order valence-electron chi connectivity index (χ3n) is 3.25. The first kappa shape index (κ1) is 14.1. The molecule has 3 rings (SSSR count). The molecule has 0 radical (unpaired) electrons. The van der Waals surface area contributed by atoms with Gasteiger partial charge in [-0.25, -0.2) is 4.98 Å². The van der Waals surface area contributed by atoms with Gasteiger partial charge in [0.15, 0.2) is 6.10 Å². The summed E-state index contributed by atoms with van der Waals surface area (Å²) in [5.41, 5.74) is 0.727. The summed E-state index contributed by atoms with van der Waals surface area (Å²) in [5.74, 6) is 1.19. The van der Waals surface area contributed by atoms with E-state index in [1.807, 2.05) is 13.0 Å². The highest BCUT2D eigenvalue weighted by Gasteiger charge is 2.25. The van der Waals surface area contributed by atoms with Crippen molar-refractivity contribution in [2.45, 2.75) is 26.5 Å². The number of fused-ring (bicyclic) bond motifs is 1. The predicted molar refractivity (Wildman–Crippen MR) is 77.6 cm³/mol. The lowest BCUT2D eigenvalue weighted by Crippen LogP contribution is -2.35. The number of aryl methyl sites for hydroxylation is 1. The number of carbonyl (C=O) groups is 2. The minimum Gasteiger partial charge on any atom is -0.465 e. The Morgan fingerprint density at radius 3 is 3.00 bits per heavy atom. The van der Waals surface area contributed by atoms with E-state index in [1.54, 1.807) is 13.0 Å². The third kappa shape index (κ3) is 2.78. The SMILES string of the molecule is Cc1ccc(CNC(=O)c2cnc3c(c2)NC(=O)C(C)O3)o1. The predicted octanol–water partition coefficient (Wildman–Crippen LogP) is 1.63. The Balaban J connectivity index is 1.71. The van der Waals surface area contributed by atoms with Gasteiger partial charge in [0.25, 0.3) is 11.8 Å². The van der Waals surface area contributed by atoms with Crippen LogP contribution in [0.25, 0.3) is 0 Å². The Morgan fingerprint density at radius 2 is 2.27 bits per heavy atom. The Bertz CT molecular complexity index is 738. The van der Waals surface area contributed by atoms with E-state index in [9.17, 15) is 9.59 Å². The first-order valence-corrected chi connectivity index (χ1v) is 6.84. The lowest BCUT2D eigenvalue weighted by Gasteiger charge is -2.22. The maximum Gasteiger partial charge on any atom is 0.265 e. The molecule has 114 valence electrons. The fraction of sp³-hybridized carbons (Fsp3) is 0.267. The number of rotatable bonds is 3. The molecular weight excluding hydrogens is 286 g/mol. The number of pyridine rings is 1. The number of amides is 2. The highest BCUT2D eigenvalue weighted by atomic mass is 16.5. The number of nitrogens with zero attached hydrogens (tertiary/aromatic N) is 1. The summed E-state index contributed by atoms with van der Waals surface area (Å²) in [6, 6.07) is 5.17. The highest BCUT2D eigenvalue weighted by Crippen LogP contribution is 2.27. The van der Waals surface area contributed by atoms with Crippen LogP contribution in [0.3, 0.4) is 0 Å². The maximum atomic E-state index is 12.1. The zero-order valence-corrected chi connectivity index (χ0v) is 12.2. The molecule has 0 spiro atoms. The topological polar surface area (TPSA) is 93.5 Å². The standard InChI is InChI=1S/C15H15N3O4/c1-8-3-4-11(21-8)7-16-14(20)10-5-12-15(17-6-10)22-9(2)13(19)18-12/h3-6,9H,7H2,1-2H3,(H,16,20)(H,18,19). The van der Waals surface area contributed by atoms with Gasteiger partial charge in [-0.2, -0.15) is 0 Å². The smallest absolute Gasteiger partial charge is 0.265 e. The quantitative estimate of drug-likeness (QED) is 0.898. The van der Waals surface area contributed by atoms with Crippen molar-refractivity contribution in [1.29, 1.82) is 0 Å². The van der Waals surface area contributed by atoms with Crippen molar-refractivity contribution < 1.29 is 18.7 Å². The molecule has 7 heteroatoms. The number of ether oxygens (including phenoxy) is 1. The molecule has 0 fully saturated rings. The monoisotopic (exact) mass is 301 g/mol. The average molecular weight is 301 g/mol. The largest absolute Gasteiger partial charge is 0.465 e. The normalized spacial score (nSPS) is 16.5. The zero-order chi connectivity index (χ0) is 15.7. The second kappa shape index (κ2) is 5.51. The fourth-order valence-electron chi connectivity index (χ4n) is 2.06. The average Bonchev–Trinajstić information content (AvgIpc) is 2.91. The van der Waals surface area contributed by atoms with Crippen molar-refractivity contribution in [3.63, 3.8) is 0 Å². The summed E-state index contributed by atoms with van der Waals surface area (Å²) in [5, 5.41) is 5.39. The van der Waals surface area contributed by atoms with E-state index in [0.717, 1.165) is 5.76 Å². The lowest BCUT2D eigenvalue weighted by molar-refractivity contribution is -0.122. The summed E-state index contributed by atoms with van der Waals surface area (Å²) in [7, 11) is 0. The van der Waals surface area contributed by atoms with Crippen LogP contribution in [-0.4, -0.2) is 22.9 Å². The molecule has 7 nitrogen and oxygen atoms in total. The molecule has 22 heavy (non-hydrogen) atoms. The van der Waals surface area contributed by atoms with Crippen LogP contribution in [0.15, 0.2) is 28.8 Å². The van der Waals surface area contributed by atoms with Crippen LogP contribution in [0.4, 0.5) is 5.69 Å². The van der Waals surface area contributed by atoms with Gasteiger partial charge in [0, 0.05) is 6.20 Å². The first-order valence-electron chi connectivity index (χ1n) is 6.84. The third-order valence-corrected chi connectivity index (χ3v) is 3.25. The van der Waals surface area contributed by atoms with Gasteiger partial charge in [-0.3, -0.25) is 9.59 Å². The summed E-state index contributed by atoms with van der Waals surface area (Å²) in [6.45, 7) is 3.75. The van der Waals surface area contributed by atoms with Gasteiger partial charge in [-0.15, -0.1) is 0 Å². The van der Waals surface area contributed by atoms with Gasteiger partial charge < -0.3 is 19.8 Å². The molecule has 0 saturated carbocycles. The molecule has 1 aliphatic rings. The van der Waals surface area contributed by atoms with Gasteiger partial charge in [0.1, 0.15) is 17.2 Å². The molecule has 2 amide bonds. The van der Waals surface area contributed by atoms with E-state index in [-0.39, 0.29) is 18.4 Å². The van der Waals surface area contributed by atoms with E-state index in [1.165, 1.54) is 12.3 Å². The Kier molecular flexibility index (Phi) is 3.54. The Hall–Kier alpha value is -2.83. The molecule has 0 bridgehead atoms. The highest BCUT2D eigenvalue weighted by molar-refractivity contribution is 6.00. The number of furan rings is 1. The van der Waals surface area contributed by atoms with Gasteiger partial charge in [-0.1, -0.05) is 0 Å². The molecule has 1 aliphatic heterocycles. The number of anilines is 1. The summed E-state index contributed by atoms with van der Waals surface area (Å²) >= 11 is 0. The van der Waals surface area contributed by atoms with Crippen molar-refractivity contribution in [3.05, 3.63) is 41.5 Å². The first-order chi connectivity index (χ1) is 10.5. The number of carbonyl (C=O) groups excluding carboxylic acids is 2. The molecule has 0 aliphatic carbocycles. The molecule has 1 atom stereocenters. The van der Waals surface area contributed by atoms with Gasteiger partial charge in [0.05, 0.1) is 12.1 Å². The van der Waals surface area contributed by atoms with Crippen molar-refractivity contribution in [3.8, 4) is 5.88 Å². The second-order valence-electron chi connectivity index (χ2n) is 5.02. The molecule has 2 N–H and O–H groups in total. The van der Waals surface area contributed by atoms with Gasteiger partial charge in [-0.05, 0) is 32.0 Å². The number of nitrogens with one attached hydrogen (secondary N) is 2. The maximum absolute atomic E-state index is 12.1. The molecule has 0 saturated heterocycles. The van der Waals surface area contributed by atoms with Crippen LogP contribution in [0.5, 0.6) is 5.88 Å². The van der Waals surface area contributed by atoms with E-state index in [0.29, 0.717) is 22.9 Å². The molecule has 1 unspecified atom stereocenters. The van der Waals surface area contributed by atoms with Crippen molar-refractivity contribution in [2.24, 2.45) is 0 Å². The minimum absolute atomic E-state index is 0.266. The van der Waals surface area contributed by atoms with Crippen LogP contribution in [-0.2, 0) is 11.3 Å². The number of hydrogen-bond donors (Lipinski definition) is 2. The van der Waals surface area contributed by atoms with Crippen LogP contribution in [0.1, 0.15) is 28.8 Å². The molecule has 3 heterocycles. The fourth-order valence-corrected chi connectivity index (χ4v) is 2.06. The van der Waals surface area contributed by atoms with E-state index in [4.69, 9.17) is 9.15 Å². The zero-order valence-electron chi connectivity index (χ0n) is 12.2. The summed E-state index contributed by atoms with van der Waals surface area (Å²) in [6.07, 6.45) is 0.813. The van der Waals surface area contributed by atoms with Gasteiger partial charge >= 0.3 is 0 Å².